The van der Waals surface area contributed by atoms with Gasteiger partial charge >= 0.3 is 0 Å². The maximum atomic E-state index is 5.16. The Morgan fingerprint density at radius 1 is 1.40 bits per heavy atom. The summed E-state index contributed by atoms with van der Waals surface area (Å²) in [6, 6.07) is 4.57. The molecule has 0 aliphatic heterocycles. The van der Waals surface area contributed by atoms with E-state index in [2.05, 4.69) is 21.4 Å². The predicted molar refractivity (Wildman–Crippen MR) is 57.7 cm³/mol. The van der Waals surface area contributed by atoms with Crippen molar-refractivity contribution in [3.63, 3.8) is 0 Å². The molecule has 0 aliphatic carbocycles. The van der Waals surface area contributed by atoms with E-state index in [9.17, 15) is 0 Å². The number of hydrogen-bond acceptors (Lipinski definition) is 4. The van der Waals surface area contributed by atoms with Gasteiger partial charge < -0.3 is 9.73 Å². The Hall–Kier alpha value is -1.84. The molecule has 2 aromatic rings. The highest BCUT2D eigenvalue weighted by atomic mass is 16.4. The predicted octanol–water partition coefficient (Wildman–Crippen LogP) is 1.90. The van der Waals surface area contributed by atoms with E-state index in [1.807, 2.05) is 12.3 Å². The number of hydrogen-bond donors (Lipinski definition) is 1. The first kappa shape index (κ1) is 9.71. The van der Waals surface area contributed by atoms with Crippen LogP contribution in [0, 0.1) is 0 Å². The topological polar surface area (TPSA) is 51.0 Å². The minimum Gasteiger partial charge on any atom is -0.432 e. The van der Waals surface area contributed by atoms with Crippen molar-refractivity contribution in [2.75, 3.05) is 12.4 Å². The third-order valence-electron chi connectivity index (χ3n) is 2.16. The molecule has 0 amide bonds. The second kappa shape index (κ2) is 4.59. The first-order valence-electron chi connectivity index (χ1n) is 4.89. The molecule has 0 spiro atoms. The molecule has 78 valence electrons. The molecule has 2 aromatic heterocycles. The van der Waals surface area contributed by atoms with Gasteiger partial charge in [-0.2, -0.15) is 4.98 Å². The Morgan fingerprint density at radius 2 is 2.33 bits per heavy atom. The van der Waals surface area contributed by atoms with Crippen molar-refractivity contribution in [2.24, 2.45) is 0 Å². The van der Waals surface area contributed by atoms with Crippen LogP contribution in [-0.4, -0.2) is 17.0 Å². The number of pyridine rings is 1. The lowest BCUT2D eigenvalue weighted by atomic mass is 10.1. The third-order valence-corrected chi connectivity index (χ3v) is 2.16. The van der Waals surface area contributed by atoms with E-state index in [1.54, 1.807) is 19.5 Å². The summed E-state index contributed by atoms with van der Waals surface area (Å²) < 4.78 is 5.16. The van der Waals surface area contributed by atoms with Gasteiger partial charge in [0.25, 0.3) is 6.01 Å². The standard InChI is InChI=1S/C11H13N3O/c1-12-11-14-10(8-15-11)5-4-9-3-2-6-13-7-9/h2-3,6-8H,4-5H2,1H3,(H,12,14). The molecule has 4 nitrogen and oxygen atoms in total. The van der Waals surface area contributed by atoms with Crippen LogP contribution in [-0.2, 0) is 12.8 Å². The summed E-state index contributed by atoms with van der Waals surface area (Å²) in [6.45, 7) is 0. The van der Waals surface area contributed by atoms with Gasteiger partial charge in [-0.1, -0.05) is 6.07 Å². The van der Waals surface area contributed by atoms with Gasteiger partial charge in [0.1, 0.15) is 6.26 Å². The molecule has 0 saturated heterocycles. The highest BCUT2D eigenvalue weighted by Gasteiger charge is 2.02. The van der Waals surface area contributed by atoms with Crippen molar-refractivity contribution < 1.29 is 4.42 Å². The highest BCUT2D eigenvalue weighted by molar-refractivity contribution is 5.20. The molecular weight excluding hydrogens is 190 g/mol. The zero-order chi connectivity index (χ0) is 10.5. The Balaban J connectivity index is 1.93. The number of aromatic nitrogens is 2. The van der Waals surface area contributed by atoms with E-state index >= 15 is 0 Å². The van der Waals surface area contributed by atoms with Crippen LogP contribution in [0.2, 0.25) is 0 Å². The maximum Gasteiger partial charge on any atom is 0.294 e. The Labute approximate surface area is 88.4 Å². The molecular formula is C11H13N3O. The molecule has 15 heavy (non-hydrogen) atoms. The third kappa shape index (κ3) is 2.56. The van der Waals surface area contributed by atoms with Crippen molar-refractivity contribution in [1.29, 1.82) is 0 Å². The van der Waals surface area contributed by atoms with Crippen LogP contribution in [0.25, 0.3) is 0 Å². The van der Waals surface area contributed by atoms with Gasteiger partial charge in [-0.15, -0.1) is 0 Å². The summed E-state index contributed by atoms with van der Waals surface area (Å²) in [5.41, 5.74) is 2.18. The first-order valence-corrected chi connectivity index (χ1v) is 4.89. The minimum atomic E-state index is 0.566. The summed E-state index contributed by atoms with van der Waals surface area (Å²) in [6.07, 6.45) is 7.14. The Kier molecular flexibility index (Phi) is 2.97. The Bertz CT molecular complexity index is 411. The van der Waals surface area contributed by atoms with Crippen LogP contribution in [0.3, 0.4) is 0 Å². The van der Waals surface area contributed by atoms with Gasteiger partial charge in [0.05, 0.1) is 5.69 Å². The molecule has 0 atom stereocenters. The van der Waals surface area contributed by atoms with Crippen molar-refractivity contribution in [3.8, 4) is 0 Å². The number of rotatable bonds is 4. The van der Waals surface area contributed by atoms with Crippen LogP contribution in [0.5, 0.6) is 0 Å². The minimum absolute atomic E-state index is 0.566. The average molecular weight is 203 g/mol. The van der Waals surface area contributed by atoms with Crippen LogP contribution < -0.4 is 5.32 Å². The van der Waals surface area contributed by atoms with Crippen LogP contribution in [0.4, 0.5) is 6.01 Å². The van der Waals surface area contributed by atoms with Crippen molar-refractivity contribution in [3.05, 3.63) is 42.0 Å². The average Bonchev–Trinajstić information content (AvgIpc) is 2.76. The number of anilines is 1. The van der Waals surface area contributed by atoms with E-state index in [0.29, 0.717) is 6.01 Å². The smallest absolute Gasteiger partial charge is 0.294 e. The summed E-state index contributed by atoms with van der Waals surface area (Å²) in [4.78, 5) is 8.31. The van der Waals surface area contributed by atoms with Gasteiger partial charge in [-0.25, -0.2) is 0 Å². The molecule has 0 bridgehead atoms. The zero-order valence-corrected chi connectivity index (χ0v) is 8.60. The van der Waals surface area contributed by atoms with Crippen LogP contribution in [0.1, 0.15) is 11.3 Å². The van der Waals surface area contributed by atoms with E-state index in [0.717, 1.165) is 18.5 Å². The van der Waals surface area contributed by atoms with Crippen LogP contribution in [0.15, 0.2) is 35.2 Å². The molecule has 0 fully saturated rings. The van der Waals surface area contributed by atoms with E-state index in [-0.39, 0.29) is 0 Å². The fraction of sp³-hybridized carbons (Fsp3) is 0.273. The Morgan fingerprint density at radius 3 is 3.00 bits per heavy atom. The SMILES string of the molecule is CNc1nc(CCc2cccnc2)co1. The lowest BCUT2D eigenvalue weighted by Gasteiger charge is -1.96. The van der Waals surface area contributed by atoms with E-state index in [4.69, 9.17) is 4.42 Å². The van der Waals surface area contributed by atoms with Crippen molar-refractivity contribution in [2.45, 2.75) is 12.8 Å². The molecule has 1 N–H and O–H groups in total. The maximum absolute atomic E-state index is 5.16. The second-order valence-corrected chi connectivity index (χ2v) is 3.26. The zero-order valence-electron chi connectivity index (χ0n) is 8.60. The van der Waals surface area contributed by atoms with Crippen molar-refractivity contribution >= 4 is 6.01 Å². The number of nitrogens with one attached hydrogen (secondary N) is 1. The highest BCUT2D eigenvalue weighted by Crippen LogP contribution is 2.09. The van der Waals surface area contributed by atoms with E-state index < -0.39 is 0 Å². The lowest BCUT2D eigenvalue weighted by molar-refractivity contribution is 0.573. The summed E-state index contributed by atoms with van der Waals surface area (Å²) in [5, 5.41) is 2.86. The molecule has 0 aliphatic rings. The van der Waals surface area contributed by atoms with Crippen molar-refractivity contribution in [1.82, 2.24) is 9.97 Å². The molecule has 0 unspecified atom stereocenters. The second-order valence-electron chi connectivity index (χ2n) is 3.26. The van der Waals surface area contributed by atoms with Gasteiger partial charge in [0, 0.05) is 19.4 Å². The number of nitrogens with zero attached hydrogens (tertiary/aromatic N) is 2. The largest absolute Gasteiger partial charge is 0.432 e. The summed E-state index contributed by atoms with van der Waals surface area (Å²) in [7, 11) is 1.79. The summed E-state index contributed by atoms with van der Waals surface area (Å²) in [5.74, 6) is 0. The normalized spacial score (nSPS) is 10.2. The fourth-order valence-corrected chi connectivity index (χ4v) is 1.36. The fourth-order valence-electron chi connectivity index (χ4n) is 1.36. The number of oxazole rings is 1. The molecule has 4 heteroatoms. The molecule has 2 heterocycles. The van der Waals surface area contributed by atoms with Gasteiger partial charge in [0.2, 0.25) is 0 Å². The summed E-state index contributed by atoms with van der Waals surface area (Å²) >= 11 is 0. The number of aryl methyl sites for hydroxylation is 2. The first-order chi connectivity index (χ1) is 7.38. The monoisotopic (exact) mass is 203 g/mol. The van der Waals surface area contributed by atoms with Gasteiger partial charge in [-0.3, -0.25) is 4.98 Å². The molecule has 0 radical (unpaired) electrons. The van der Waals surface area contributed by atoms with E-state index in [1.165, 1.54) is 5.56 Å². The lowest BCUT2D eigenvalue weighted by Crippen LogP contribution is -1.93. The molecule has 0 saturated carbocycles. The van der Waals surface area contributed by atoms with Gasteiger partial charge in [-0.05, 0) is 24.5 Å². The van der Waals surface area contributed by atoms with Crippen LogP contribution >= 0.6 is 0 Å². The molecule has 2 rings (SSSR count). The molecule has 0 aromatic carbocycles. The quantitative estimate of drug-likeness (QED) is 0.824. The van der Waals surface area contributed by atoms with Gasteiger partial charge in [0.15, 0.2) is 0 Å².